The van der Waals surface area contributed by atoms with Gasteiger partial charge in [0.05, 0.1) is 13.2 Å². The first kappa shape index (κ1) is 16.5. The van der Waals surface area contributed by atoms with Crippen molar-refractivity contribution in [1.29, 1.82) is 5.26 Å². The zero-order chi connectivity index (χ0) is 15.0. The number of nitrogens with one attached hydrogen (secondary N) is 2. The fourth-order valence-corrected chi connectivity index (χ4v) is 1.78. The van der Waals surface area contributed by atoms with E-state index in [0.717, 1.165) is 32.8 Å². The average Bonchev–Trinajstić information content (AvgIpc) is 2.38. The maximum atomic E-state index is 11.8. The summed E-state index contributed by atoms with van der Waals surface area (Å²) < 4.78 is 5.27. The van der Waals surface area contributed by atoms with Crippen LogP contribution in [0.25, 0.3) is 0 Å². The zero-order valence-electron chi connectivity index (χ0n) is 12.5. The number of morpholine rings is 1. The minimum atomic E-state index is -0.348. The lowest BCUT2D eigenvalue weighted by atomic mass is 10.1. The molecule has 0 aromatic rings. The highest BCUT2D eigenvalue weighted by atomic mass is 16.5. The van der Waals surface area contributed by atoms with Gasteiger partial charge < -0.3 is 15.4 Å². The molecule has 1 aliphatic rings. The Labute approximate surface area is 120 Å². The van der Waals surface area contributed by atoms with E-state index in [-0.39, 0.29) is 17.0 Å². The molecule has 0 atom stereocenters. The Morgan fingerprint density at radius 3 is 2.60 bits per heavy atom. The van der Waals surface area contributed by atoms with E-state index in [1.807, 2.05) is 26.8 Å². The van der Waals surface area contributed by atoms with Crippen LogP contribution in [0.4, 0.5) is 0 Å². The molecule has 0 aromatic heterocycles. The molecule has 1 fully saturated rings. The van der Waals surface area contributed by atoms with Crippen LogP contribution in [0, 0.1) is 11.3 Å². The van der Waals surface area contributed by atoms with Gasteiger partial charge in [0.2, 0.25) is 0 Å². The van der Waals surface area contributed by atoms with Crippen LogP contribution in [0.5, 0.6) is 0 Å². The molecule has 2 N–H and O–H groups in total. The first-order valence-corrected chi connectivity index (χ1v) is 6.88. The highest BCUT2D eigenvalue weighted by molar-refractivity contribution is 5.97. The van der Waals surface area contributed by atoms with Crippen LogP contribution in [-0.4, -0.2) is 55.7 Å². The largest absolute Gasteiger partial charge is 0.388 e. The van der Waals surface area contributed by atoms with Crippen LogP contribution in [0.3, 0.4) is 0 Å². The van der Waals surface area contributed by atoms with Crippen LogP contribution < -0.4 is 10.6 Å². The van der Waals surface area contributed by atoms with Gasteiger partial charge in [-0.1, -0.05) is 0 Å². The van der Waals surface area contributed by atoms with Gasteiger partial charge in [-0.15, -0.1) is 0 Å². The summed E-state index contributed by atoms with van der Waals surface area (Å²) in [6.07, 6.45) is 1.49. The van der Waals surface area contributed by atoms with Crippen molar-refractivity contribution in [1.82, 2.24) is 15.5 Å². The van der Waals surface area contributed by atoms with Gasteiger partial charge in [0.1, 0.15) is 11.6 Å². The van der Waals surface area contributed by atoms with Crippen LogP contribution >= 0.6 is 0 Å². The summed E-state index contributed by atoms with van der Waals surface area (Å²) in [5.41, 5.74) is -0.247. The molecule has 0 aromatic carbocycles. The van der Waals surface area contributed by atoms with E-state index in [0.29, 0.717) is 6.54 Å². The Hall–Kier alpha value is -1.58. The summed E-state index contributed by atoms with van der Waals surface area (Å²) in [6, 6.07) is 1.92. The third-order valence-electron chi connectivity index (χ3n) is 2.78. The Balaban J connectivity index is 2.34. The van der Waals surface area contributed by atoms with E-state index < -0.39 is 0 Å². The van der Waals surface area contributed by atoms with E-state index in [4.69, 9.17) is 10.00 Å². The molecule has 0 saturated carbocycles. The Morgan fingerprint density at radius 1 is 1.40 bits per heavy atom. The zero-order valence-corrected chi connectivity index (χ0v) is 12.5. The molecule has 1 rings (SSSR count). The van der Waals surface area contributed by atoms with Crippen molar-refractivity contribution < 1.29 is 9.53 Å². The van der Waals surface area contributed by atoms with Gasteiger partial charge in [-0.3, -0.25) is 9.69 Å². The Bertz CT molecular complexity index is 387. The summed E-state index contributed by atoms with van der Waals surface area (Å²) in [5, 5.41) is 14.8. The normalized spacial score (nSPS) is 17.4. The number of carbonyl (C=O) groups excluding carboxylic acids is 1. The van der Waals surface area contributed by atoms with Crippen molar-refractivity contribution in [3.63, 3.8) is 0 Å². The van der Waals surface area contributed by atoms with E-state index in [9.17, 15) is 4.79 Å². The first-order chi connectivity index (χ1) is 9.42. The standard InChI is InChI=1S/C14H24N4O2/c1-14(2,3)17-13(19)12(10-15)11-16-4-5-18-6-8-20-9-7-18/h11,16H,4-9H2,1-3H3,(H,17,19)/b12-11-. The van der Waals surface area contributed by atoms with Gasteiger partial charge in [0.25, 0.3) is 5.91 Å². The third kappa shape index (κ3) is 6.55. The number of nitrogens with zero attached hydrogens (tertiary/aromatic N) is 2. The van der Waals surface area contributed by atoms with Gasteiger partial charge in [-0.25, -0.2) is 0 Å². The Morgan fingerprint density at radius 2 is 2.05 bits per heavy atom. The summed E-state index contributed by atoms with van der Waals surface area (Å²) in [5.74, 6) is -0.348. The maximum absolute atomic E-state index is 11.8. The SMILES string of the molecule is CC(C)(C)NC(=O)/C(C#N)=C\NCCN1CCOCC1. The highest BCUT2D eigenvalue weighted by Gasteiger charge is 2.17. The molecule has 0 aliphatic carbocycles. The second-order valence-electron chi connectivity index (χ2n) is 5.78. The van der Waals surface area contributed by atoms with Gasteiger partial charge >= 0.3 is 0 Å². The number of hydrogen-bond acceptors (Lipinski definition) is 5. The molecule has 0 bridgehead atoms. The van der Waals surface area contributed by atoms with Crippen molar-refractivity contribution in [2.24, 2.45) is 0 Å². The number of carbonyl (C=O) groups is 1. The number of nitriles is 1. The van der Waals surface area contributed by atoms with Gasteiger partial charge in [0, 0.05) is 37.9 Å². The van der Waals surface area contributed by atoms with E-state index in [1.165, 1.54) is 6.20 Å². The van der Waals surface area contributed by atoms with Crippen molar-refractivity contribution in [3.8, 4) is 6.07 Å². The summed E-state index contributed by atoms with van der Waals surface area (Å²) >= 11 is 0. The van der Waals surface area contributed by atoms with Crippen molar-refractivity contribution >= 4 is 5.91 Å². The summed E-state index contributed by atoms with van der Waals surface area (Å²) in [7, 11) is 0. The molecule has 20 heavy (non-hydrogen) atoms. The van der Waals surface area contributed by atoms with Gasteiger partial charge in [-0.2, -0.15) is 5.26 Å². The lowest BCUT2D eigenvalue weighted by Crippen LogP contribution is -2.42. The van der Waals surface area contributed by atoms with E-state index in [1.54, 1.807) is 0 Å². The topological polar surface area (TPSA) is 77.4 Å². The molecule has 6 heteroatoms. The van der Waals surface area contributed by atoms with Crippen molar-refractivity contribution in [2.45, 2.75) is 26.3 Å². The fraction of sp³-hybridized carbons (Fsp3) is 0.714. The maximum Gasteiger partial charge on any atom is 0.263 e. The first-order valence-electron chi connectivity index (χ1n) is 6.88. The number of amides is 1. The number of hydrogen-bond donors (Lipinski definition) is 2. The summed E-state index contributed by atoms with van der Waals surface area (Å²) in [6.45, 7) is 10.6. The second kappa shape index (κ2) is 7.88. The third-order valence-corrected chi connectivity index (χ3v) is 2.78. The molecule has 0 spiro atoms. The summed E-state index contributed by atoms with van der Waals surface area (Å²) in [4.78, 5) is 14.1. The predicted molar refractivity (Wildman–Crippen MR) is 76.9 cm³/mol. The van der Waals surface area contributed by atoms with Gasteiger partial charge in [0.15, 0.2) is 0 Å². The fourth-order valence-electron chi connectivity index (χ4n) is 1.78. The molecule has 0 unspecified atom stereocenters. The molecule has 6 nitrogen and oxygen atoms in total. The van der Waals surface area contributed by atoms with Crippen LogP contribution in [-0.2, 0) is 9.53 Å². The minimum absolute atomic E-state index is 0.0990. The average molecular weight is 280 g/mol. The molecular weight excluding hydrogens is 256 g/mol. The number of rotatable bonds is 5. The van der Waals surface area contributed by atoms with Crippen molar-refractivity contribution in [2.75, 3.05) is 39.4 Å². The smallest absolute Gasteiger partial charge is 0.263 e. The van der Waals surface area contributed by atoms with Crippen LogP contribution in [0.1, 0.15) is 20.8 Å². The molecule has 1 heterocycles. The quantitative estimate of drug-likeness (QED) is 0.428. The second-order valence-corrected chi connectivity index (χ2v) is 5.78. The lowest BCUT2D eigenvalue weighted by molar-refractivity contribution is -0.118. The molecule has 112 valence electrons. The van der Waals surface area contributed by atoms with E-state index in [2.05, 4.69) is 15.5 Å². The van der Waals surface area contributed by atoms with E-state index >= 15 is 0 Å². The molecule has 1 amide bonds. The molecular formula is C14H24N4O2. The molecule has 1 saturated heterocycles. The lowest BCUT2D eigenvalue weighted by Gasteiger charge is -2.26. The molecule has 0 radical (unpaired) electrons. The van der Waals surface area contributed by atoms with Crippen LogP contribution in [0.2, 0.25) is 0 Å². The Kier molecular flexibility index (Phi) is 6.49. The highest BCUT2D eigenvalue weighted by Crippen LogP contribution is 2.01. The number of ether oxygens (including phenoxy) is 1. The predicted octanol–water partition coefficient (Wildman–Crippen LogP) is 0.230. The molecule has 1 aliphatic heterocycles. The minimum Gasteiger partial charge on any atom is -0.388 e. The van der Waals surface area contributed by atoms with Gasteiger partial charge in [-0.05, 0) is 20.8 Å². The monoisotopic (exact) mass is 280 g/mol. The van der Waals surface area contributed by atoms with Crippen LogP contribution in [0.15, 0.2) is 11.8 Å². The van der Waals surface area contributed by atoms with Crippen molar-refractivity contribution in [3.05, 3.63) is 11.8 Å².